The normalized spacial score (nSPS) is 13.8. The highest BCUT2D eigenvalue weighted by molar-refractivity contribution is 5.70. The number of aliphatic carboxylic acids is 1. The molecule has 0 aliphatic carbocycles. The Balaban J connectivity index is 4.46. The standard InChI is InChI=1S/C60H97NO8/c1-6-8-10-12-14-16-18-20-22-24-26-27-28-29-30-31-33-35-37-39-41-43-45-47-49-51-58(63)69-56(55-68-60(59(64)65)66-53-52-61(3,4)5)54-67-57(62)50-48-46-44-42-40-38-36-34-32-25-23-21-19-17-15-13-11-9-7-2/h8,10,14-17,20-23,26-27,29-30,32-35,39,41,56,60H,6-7,9,11-13,18-19,24-25,28,31,36-38,40,42-55H2,1-5H3/b10-8-,16-14-,17-15-,22-20-,23-21-,27-26-,30-29-,34-32-,35-33-,41-39-. The largest absolute Gasteiger partial charge is 0.545 e. The molecular formula is C60H97NO8. The van der Waals surface area contributed by atoms with Crippen LogP contribution in [0.25, 0.3) is 0 Å². The monoisotopic (exact) mass is 960 g/mol. The van der Waals surface area contributed by atoms with Crippen LogP contribution in [0.1, 0.15) is 181 Å². The lowest BCUT2D eigenvalue weighted by atomic mass is 10.1. The van der Waals surface area contributed by atoms with Crippen molar-refractivity contribution in [3.8, 4) is 0 Å². The number of hydrogen-bond donors (Lipinski definition) is 0. The number of carbonyl (C=O) groups excluding carboxylic acids is 3. The predicted molar refractivity (Wildman–Crippen MR) is 287 cm³/mol. The van der Waals surface area contributed by atoms with Crippen LogP contribution in [-0.2, 0) is 33.3 Å². The third kappa shape index (κ3) is 51.4. The fourth-order valence-electron chi connectivity index (χ4n) is 6.58. The van der Waals surface area contributed by atoms with E-state index in [2.05, 4.69) is 135 Å². The first-order valence-corrected chi connectivity index (χ1v) is 26.7. The van der Waals surface area contributed by atoms with Crippen LogP contribution in [-0.4, -0.2) is 82.3 Å². The van der Waals surface area contributed by atoms with Crippen molar-refractivity contribution < 1.29 is 42.9 Å². The van der Waals surface area contributed by atoms with Gasteiger partial charge in [-0.3, -0.25) is 9.59 Å². The van der Waals surface area contributed by atoms with Gasteiger partial charge in [-0.2, -0.15) is 0 Å². The molecule has 0 radical (unpaired) electrons. The van der Waals surface area contributed by atoms with E-state index in [1.807, 2.05) is 21.1 Å². The zero-order valence-electron chi connectivity index (χ0n) is 44.1. The molecule has 0 saturated heterocycles. The van der Waals surface area contributed by atoms with E-state index in [4.69, 9.17) is 18.9 Å². The number of carboxylic acid groups (broad SMARTS) is 1. The smallest absolute Gasteiger partial charge is 0.306 e. The number of nitrogens with zero attached hydrogens (tertiary/aromatic N) is 1. The van der Waals surface area contributed by atoms with Gasteiger partial charge in [0.25, 0.3) is 0 Å². The maximum Gasteiger partial charge on any atom is 0.306 e. The molecule has 0 fully saturated rings. The minimum atomic E-state index is -1.64. The van der Waals surface area contributed by atoms with Gasteiger partial charge in [0.15, 0.2) is 12.4 Å². The number of carbonyl (C=O) groups is 3. The molecule has 0 spiro atoms. The highest BCUT2D eigenvalue weighted by Crippen LogP contribution is 2.12. The topological polar surface area (TPSA) is 111 Å². The molecule has 0 amide bonds. The zero-order chi connectivity index (χ0) is 50.6. The molecule has 0 heterocycles. The molecule has 0 bridgehead atoms. The number of carboxylic acids is 1. The molecule has 0 rings (SSSR count). The molecule has 0 aliphatic heterocycles. The van der Waals surface area contributed by atoms with Crippen molar-refractivity contribution in [2.75, 3.05) is 47.5 Å². The van der Waals surface area contributed by atoms with Gasteiger partial charge in [0.1, 0.15) is 13.2 Å². The Morgan fingerprint density at radius 3 is 1.25 bits per heavy atom. The molecule has 0 aliphatic rings. The SMILES string of the molecule is CC/C=C\C/C=C\C/C=C\C/C=C\C/C=C\C/C=C\C/C=C\CCCCCC(=O)OC(COC(=O)CCCCCCCC/C=C\C/C=C\C/C=C\CCCCC)COC(OCC[N+](C)(C)C)C(=O)[O-]. The van der Waals surface area contributed by atoms with Gasteiger partial charge in [-0.15, -0.1) is 0 Å². The summed E-state index contributed by atoms with van der Waals surface area (Å²) in [4.78, 5) is 37.2. The van der Waals surface area contributed by atoms with Crippen molar-refractivity contribution in [1.29, 1.82) is 0 Å². The highest BCUT2D eigenvalue weighted by Gasteiger charge is 2.21. The van der Waals surface area contributed by atoms with Gasteiger partial charge in [-0.05, 0) is 109 Å². The summed E-state index contributed by atoms with van der Waals surface area (Å²) in [6, 6.07) is 0. The summed E-state index contributed by atoms with van der Waals surface area (Å²) < 4.78 is 22.6. The van der Waals surface area contributed by atoms with Crippen LogP contribution in [0.2, 0.25) is 0 Å². The van der Waals surface area contributed by atoms with E-state index in [1.54, 1.807) is 0 Å². The highest BCUT2D eigenvalue weighted by atomic mass is 16.7. The van der Waals surface area contributed by atoms with Crippen LogP contribution < -0.4 is 5.11 Å². The summed E-state index contributed by atoms with van der Waals surface area (Å²) in [5, 5.41) is 11.8. The first-order chi connectivity index (χ1) is 33.6. The second kappa shape index (κ2) is 50.1. The summed E-state index contributed by atoms with van der Waals surface area (Å²) in [5.74, 6) is -2.36. The Labute approximate surface area is 421 Å². The van der Waals surface area contributed by atoms with Crippen molar-refractivity contribution >= 4 is 17.9 Å². The van der Waals surface area contributed by atoms with E-state index in [9.17, 15) is 19.5 Å². The molecule has 9 nitrogen and oxygen atoms in total. The van der Waals surface area contributed by atoms with Gasteiger partial charge in [-0.1, -0.05) is 180 Å². The summed E-state index contributed by atoms with van der Waals surface area (Å²) >= 11 is 0. The number of allylic oxidation sites excluding steroid dienone is 20. The summed E-state index contributed by atoms with van der Waals surface area (Å²) in [5.41, 5.74) is 0. The van der Waals surface area contributed by atoms with Crippen LogP contribution in [0.5, 0.6) is 0 Å². The minimum Gasteiger partial charge on any atom is -0.545 e. The first kappa shape index (κ1) is 64.7. The molecule has 0 aromatic rings. The number of likely N-dealkylation sites (N-methyl/N-ethyl adjacent to an activating group) is 1. The molecule has 0 aromatic heterocycles. The van der Waals surface area contributed by atoms with E-state index in [0.29, 0.717) is 23.9 Å². The molecule has 2 atom stereocenters. The Morgan fingerprint density at radius 2 is 0.826 bits per heavy atom. The lowest BCUT2D eigenvalue weighted by Gasteiger charge is -2.26. The fraction of sp³-hybridized carbons (Fsp3) is 0.617. The van der Waals surface area contributed by atoms with E-state index < -0.39 is 24.3 Å². The van der Waals surface area contributed by atoms with E-state index in [0.717, 1.165) is 116 Å². The average molecular weight is 960 g/mol. The molecule has 2 unspecified atom stereocenters. The molecule has 0 aromatic carbocycles. The third-order valence-corrected chi connectivity index (χ3v) is 10.7. The fourth-order valence-corrected chi connectivity index (χ4v) is 6.58. The Bertz CT molecular complexity index is 1540. The van der Waals surface area contributed by atoms with Gasteiger partial charge in [-0.25, -0.2) is 0 Å². The van der Waals surface area contributed by atoms with Gasteiger partial charge >= 0.3 is 11.9 Å². The number of hydrogen-bond acceptors (Lipinski definition) is 8. The summed E-state index contributed by atoms with van der Waals surface area (Å²) in [6.07, 6.45) is 66.6. The van der Waals surface area contributed by atoms with Crippen molar-refractivity contribution in [1.82, 2.24) is 0 Å². The summed E-state index contributed by atoms with van der Waals surface area (Å²) in [6.45, 7) is 4.52. The van der Waals surface area contributed by atoms with Crippen LogP contribution in [0, 0.1) is 0 Å². The van der Waals surface area contributed by atoms with E-state index >= 15 is 0 Å². The maximum atomic E-state index is 12.8. The average Bonchev–Trinajstić information content (AvgIpc) is 3.31. The quantitative estimate of drug-likeness (QED) is 0.0195. The van der Waals surface area contributed by atoms with Crippen LogP contribution in [0.15, 0.2) is 122 Å². The van der Waals surface area contributed by atoms with Crippen molar-refractivity contribution in [2.24, 2.45) is 0 Å². The second-order valence-electron chi connectivity index (χ2n) is 18.4. The van der Waals surface area contributed by atoms with Gasteiger partial charge in [0, 0.05) is 12.8 Å². The lowest BCUT2D eigenvalue weighted by molar-refractivity contribution is -0.870. The van der Waals surface area contributed by atoms with Crippen molar-refractivity contribution in [3.05, 3.63) is 122 Å². The summed E-state index contributed by atoms with van der Waals surface area (Å²) in [7, 11) is 5.89. The number of esters is 2. The van der Waals surface area contributed by atoms with Gasteiger partial charge < -0.3 is 33.3 Å². The lowest BCUT2D eigenvalue weighted by Crippen LogP contribution is -2.44. The number of unbranched alkanes of at least 4 members (excludes halogenated alkanes) is 12. The van der Waals surface area contributed by atoms with Gasteiger partial charge in [0.2, 0.25) is 0 Å². The molecule has 69 heavy (non-hydrogen) atoms. The molecule has 390 valence electrons. The third-order valence-electron chi connectivity index (χ3n) is 10.7. The van der Waals surface area contributed by atoms with E-state index in [1.165, 1.54) is 25.7 Å². The minimum absolute atomic E-state index is 0.131. The number of rotatable bonds is 47. The van der Waals surface area contributed by atoms with E-state index in [-0.39, 0.29) is 38.6 Å². The zero-order valence-corrected chi connectivity index (χ0v) is 44.1. The molecular weight excluding hydrogens is 863 g/mol. The van der Waals surface area contributed by atoms with Crippen molar-refractivity contribution in [2.45, 2.75) is 193 Å². The second-order valence-corrected chi connectivity index (χ2v) is 18.4. The Morgan fingerprint density at radius 1 is 0.449 bits per heavy atom. The molecule has 0 N–H and O–H groups in total. The number of ether oxygens (including phenoxy) is 4. The Kier molecular flexibility index (Phi) is 47.0. The predicted octanol–water partition coefficient (Wildman–Crippen LogP) is 14.0. The maximum absolute atomic E-state index is 12.8. The van der Waals surface area contributed by atoms with Crippen LogP contribution >= 0.6 is 0 Å². The number of quaternary nitrogens is 1. The van der Waals surface area contributed by atoms with Gasteiger partial charge in [0.05, 0.1) is 40.3 Å². The molecule has 9 heteroatoms. The van der Waals surface area contributed by atoms with Crippen molar-refractivity contribution in [3.63, 3.8) is 0 Å². The van der Waals surface area contributed by atoms with Crippen LogP contribution in [0.3, 0.4) is 0 Å². The molecule has 0 saturated carbocycles. The first-order valence-electron chi connectivity index (χ1n) is 26.7. The Hall–Kier alpha value is -4.31. The van der Waals surface area contributed by atoms with Crippen LogP contribution in [0.4, 0.5) is 0 Å².